The molecular weight excluding hydrogens is 371 g/mol. The van der Waals surface area contributed by atoms with Crippen molar-refractivity contribution in [2.45, 2.75) is 11.8 Å². The Hall–Kier alpha value is -2.65. The number of hydrogen-bond donors (Lipinski definition) is 1. The first-order chi connectivity index (χ1) is 12.1. The molecule has 1 aliphatic heterocycles. The van der Waals surface area contributed by atoms with Crippen LogP contribution in [0.5, 0.6) is 0 Å². The van der Waals surface area contributed by atoms with E-state index in [1.165, 1.54) is 19.1 Å². The molecule has 0 bridgehead atoms. The summed E-state index contributed by atoms with van der Waals surface area (Å²) < 4.78 is 69.8. The molecular formula is C17H12F3NO4S. The Morgan fingerprint density at radius 1 is 1.04 bits per heavy atom. The van der Waals surface area contributed by atoms with Gasteiger partial charge >= 0.3 is 5.97 Å². The van der Waals surface area contributed by atoms with Gasteiger partial charge in [0.05, 0.1) is 5.57 Å². The van der Waals surface area contributed by atoms with Gasteiger partial charge in [0.2, 0.25) is 10.0 Å². The summed E-state index contributed by atoms with van der Waals surface area (Å²) >= 11 is 0. The lowest BCUT2D eigenvalue weighted by atomic mass is 9.95. The first-order valence-corrected chi connectivity index (χ1v) is 8.83. The smallest absolute Gasteiger partial charge is 0.339 e. The van der Waals surface area contributed by atoms with Crippen molar-refractivity contribution < 1.29 is 31.1 Å². The number of carbonyl (C=O) groups is 1. The van der Waals surface area contributed by atoms with Gasteiger partial charge in [0.25, 0.3) is 0 Å². The lowest BCUT2D eigenvalue weighted by Crippen LogP contribution is -2.15. The molecule has 0 unspecified atom stereocenters. The maximum Gasteiger partial charge on any atom is 0.339 e. The van der Waals surface area contributed by atoms with Crippen molar-refractivity contribution in [3.05, 3.63) is 64.5 Å². The molecule has 1 aliphatic rings. The summed E-state index contributed by atoms with van der Waals surface area (Å²) in [6, 6.07) is 5.03. The Morgan fingerprint density at radius 2 is 1.73 bits per heavy atom. The van der Waals surface area contributed by atoms with Crippen LogP contribution in [0.3, 0.4) is 0 Å². The van der Waals surface area contributed by atoms with Crippen LogP contribution in [-0.4, -0.2) is 21.0 Å². The molecule has 0 aromatic heterocycles. The third-order valence-electron chi connectivity index (χ3n) is 3.97. The van der Waals surface area contributed by atoms with E-state index in [9.17, 15) is 26.4 Å². The highest BCUT2D eigenvalue weighted by Gasteiger charge is 2.30. The summed E-state index contributed by atoms with van der Waals surface area (Å²) in [7, 11) is -4.46. The Labute approximate surface area is 146 Å². The summed E-state index contributed by atoms with van der Waals surface area (Å²) in [5, 5.41) is 4.83. The zero-order valence-electron chi connectivity index (χ0n) is 13.3. The number of halogens is 3. The largest absolute Gasteiger partial charge is 0.457 e. The highest BCUT2D eigenvalue weighted by Crippen LogP contribution is 2.35. The molecule has 3 rings (SSSR count). The molecule has 2 N–H and O–H groups in total. The standard InChI is InChI=1S/C17H12F3NO4S/c1-8-2-3-9(4-12(8)18)16-11(7-25-17(16)22)10-5-14(20)15(6-13(10)19)26(21,23)24/h2-6H,7H2,1H3,(H2,21,23,24). The van der Waals surface area contributed by atoms with E-state index in [4.69, 9.17) is 9.88 Å². The second kappa shape index (κ2) is 6.26. The Morgan fingerprint density at radius 3 is 2.35 bits per heavy atom. The maximum atomic E-state index is 14.4. The predicted octanol–water partition coefficient (Wildman–Crippen LogP) is 2.53. The van der Waals surface area contributed by atoms with Gasteiger partial charge < -0.3 is 4.74 Å². The summed E-state index contributed by atoms with van der Waals surface area (Å²) in [5.41, 5.74) is -0.0177. The number of ether oxygens (including phenoxy) is 1. The Bertz CT molecular complexity index is 1080. The number of carbonyl (C=O) groups excluding carboxylic acids is 1. The number of hydrogen-bond acceptors (Lipinski definition) is 4. The fourth-order valence-electron chi connectivity index (χ4n) is 2.64. The van der Waals surface area contributed by atoms with Crippen LogP contribution in [0.1, 0.15) is 16.7 Å². The molecule has 2 aromatic rings. The van der Waals surface area contributed by atoms with E-state index < -0.39 is 38.3 Å². The molecule has 1 heterocycles. The quantitative estimate of drug-likeness (QED) is 0.826. The highest BCUT2D eigenvalue weighted by molar-refractivity contribution is 7.89. The van der Waals surface area contributed by atoms with Crippen LogP contribution >= 0.6 is 0 Å². The number of aryl methyl sites for hydroxylation is 1. The number of cyclic esters (lactones) is 1. The Balaban J connectivity index is 2.23. The van der Waals surface area contributed by atoms with E-state index in [1.54, 1.807) is 0 Å². The molecule has 0 radical (unpaired) electrons. The van der Waals surface area contributed by atoms with E-state index in [0.29, 0.717) is 17.7 Å². The number of nitrogens with two attached hydrogens (primary N) is 1. The molecule has 2 aromatic carbocycles. The molecule has 0 aliphatic carbocycles. The van der Waals surface area contributed by atoms with Gasteiger partial charge in [-0.05, 0) is 36.2 Å². The topological polar surface area (TPSA) is 86.5 Å². The van der Waals surface area contributed by atoms with Gasteiger partial charge in [0.1, 0.15) is 29.0 Å². The van der Waals surface area contributed by atoms with Crippen molar-refractivity contribution in [3.63, 3.8) is 0 Å². The van der Waals surface area contributed by atoms with Crippen LogP contribution in [0, 0.1) is 24.4 Å². The summed E-state index contributed by atoms with van der Waals surface area (Å²) in [5.74, 6) is -3.78. The number of rotatable bonds is 3. The van der Waals surface area contributed by atoms with Crippen molar-refractivity contribution in [3.8, 4) is 0 Å². The minimum absolute atomic E-state index is 0.0179. The van der Waals surface area contributed by atoms with Crippen molar-refractivity contribution in [1.82, 2.24) is 0 Å². The van der Waals surface area contributed by atoms with Gasteiger partial charge in [-0.1, -0.05) is 12.1 Å². The fraction of sp³-hybridized carbons (Fsp3) is 0.118. The first kappa shape index (κ1) is 18.2. The van der Waals surface area contributed by atoms with Crippen LogP contribution in [0.4, 0.5) is 13.2 Å². The Kier molecular flexibility index (Phi) is 4.37. The normalized spacial score (nSPS) is 14.7. The van der Waals surface area contributed by atoms with Gasteiger partial charge in [0, 0.05) is 11.1 Å². The third kappa shape index (κ3) is 3.11. The zero-order chi connectivity index (χ0) is 19.2. The average Bonchev–Trinajstić information content (AvgIpc) is 2.92. The molecule has 5 nitrogen and oxygen atoms in total. The molecule has 0 saturated heterocycles. The van der Waals surface area contributed by atoms with Crippen LogP contribution in [0.2, 0.25) is 0 Å². The lowest BCUT2D eigenvalue weighted by molar-refractivity contribution is -0.133. The van der Waals surface area contributed by atoms with Crippen LogP contribution in [-0.2, 0) is 19.6 Å². The SMILES string of the molecule is Cc1ccc(C2=C(c3cc(F)c(S(N)(=O)=O)cc3F)COC2=O)cc1F. The summed E-state index contributed by atoms with van der Waals surface area (Å²) in [6.07, 6.45) is 0. The molecule has 0 amide bonds. The van der Waals surface area contributed by atoms with E-state index in [-0.39, 0.29) is 28.9 Å². The third-order valence-corrected chi connectivity index (χ3v) is 4.89. The monoisotopic (exact) mass is 383 g/mol. The van der Waals surface area contributed by atoms with Crippen molar-refractivity contribution in [1.29, 1.82) is 0 Å². The van der Waals surface area contributed by atoms with E-state index in [2.05, 4.69) is 0 Å². The van der Waals surface area contributed by atoms with Crippen molar-refractivity contribution in [2.24, 2.45) is 5.14 Å². The van der Waals surface area contributed by atoms with Gasteiger partial charge in [0.15, 0.2) is 0 Å². The molecule has 0 saturated carbocycles. The minimum atomic E-state index is -4.46. The van der Waals surface area contributed by atoms with Crippen LogP contribution < -0.4 is 5.14 Å². The number of esters is 1. The second-order valence-electron chi connectivity index (χ2n) is 5.70. The maximum absolute atomic E-state index is 14.4. The fourth-order valence-corrected chi connectivity index (χ4v) is 3.23. The molecule has 0 spiro atoms. The summed E-state index contributed by atoms with van der Waals surface area (Å²) in [4.78, 5) is 11.0. The second-order valence-corrected chi connectivity index (χ2v) is 7.23. The van der Waals surface area contributed by atoms with E-state index in [1.807, 2.05) is 0 Å². The van der Waals surface area contributed by atoms with Gasteiger partial charge in [-0.25, -0.2) is 31.5 Å². The van der Waals surface area contributed by atoms with Crippen LogP contribution in [0.25, 0.3) is 11.1 Å². The number of sulfonamides is 1. The molecule has 0 atom stereocenters. The van der Waals surface area contributed by atoms with Gasteiger partial charge in [-0.2, -0.15) is 0 Å². The van der Waals surface area contributed by atoms with Gasteiger partial charge in [-0.3, -0.25) is 0 Å². The van der Waals surface area contributed by atoms with Gasteiger partial charge in [-0.15, -0.1) is 0 Å². The van der Waals surface area contributed by atoms with Crippen LogP contribution in [0.15, 0.2) is 35.2 Å². The van der Waals surface area contributed by atoms with E-state index in [0.717, 1.165) is 6.07 Å². The van der Waals surface area contributed by atoms with Crippen molar-refractivity contribution in [2.75, 3.05) is 6.61 Å². The molecule has 0 fully saturated rings. The summed E-state index contributed by atoms with van der Waals surface area (Å²) in [6.45, 7) is 1.16. The number of benzene rings is 2. The highest BCUT2D eigenvalue weighted by atomic mass is 32.2. The predicted molar refractivity (Wildman–Crippen MR) is 86.6 cm³/mol. The zero-order valence-corrected chi connectivity index (χ0v) is 14.2. The molecule has 26 heavy (non-hydrogen) atoms. The molecule has 136 valence electrons. The lowest BCUT2D eigenvalue weighted by Gasteiger charge is -2.09. The van der Waals surface area contributed by atoms with Crippen molar-refractivity contribution >= 4 is 27.1 Å². The van der Waals surface area contributed by atoms with E-state index >= 15 is 0 Å². The molecule has 9 heteroatoms. The first-order valence-electron chi connectivity index (χ1n) is 7.28. The number of primary sulfonamides is 1. The average molecular weight is 383 g/mol. The minimum Gasteiger partial charge on any atom is -0.457 e.